The standard InChI is InChI=1S/C46H53N5O5/c1-2-16-47-21-23-48(24-22-47)40(52)15-26-54-28-29-55-27-25-51-45(53)34-11-3-4-14-37(34)46(51)38-30-32-9-5-17-49-19-7-12-35(41(32)49)43(38)56-44-36-13-8-20-50-18-6-10-33(42(36)50)31-39(44)46/h1,3-4,11,14,30-31H,5-10,12-13,15-29H2. The molecule has 7 aliphatic heterocycles. The lowest BCUT2D eigenvalue weighted by Gasteiger charge is -2.49. The largest absolute Gasteiger partial charge is 0.456 e. The van der Waals surface area contributed by atoms with E-state index in [0.29, 0.717) is 59.0 Å². The first-order chi connectivity index (χ1) is 27.6. The van der Waals surface area contributed by atoms with Gasteiger partial charge in [0.1, 0.15) is 17.0 Å². The van der Waals surface area contributed by atoms with Crippen LogP contribution in [0, 0.1) is 12.3 Å². The molecule has 292 valence electrons. The number of anilines is 2. The molecule has 3 aromatic rings. The van der Waals surface area contributed by atoms with E-state index in [2.05, 4.69) is 49.8 Å². The maximum Gasteiger partial charge on any atom is 0.255 e. The van der Waals surface area contributed by atoms with Gasteiger partial charge in [0, 0.05) is 98.1 Å². The molecule has 7 heterocycles. The molecule has 0 atom stereocenters. The second-order valence-corrected chi connectivity index (χ2v) is 16.5. The number of ether oxygens (including phenoxy) is 3. The summed E-state index contributed by atoms with van der Waals surface area (Å²) >= 11 is 0. The van der Waals surface area contributed by atoms with E-state index in [0.717, 1.165) is 124 Å². The van der Waals surface area contributed by atoms with Gasteiger partial charge < -0.3 is 33.8 Å². The third-order valence-corrected chi connectivity index (χ3v) is 13.5. The number of benzene rings is 3. The van der Waals surface area contributed by atoms with Crippen LogP contribution in [0.5, 0.6) is 11.5 Å². The molecule has 0 saturated carbocycles. The number of aryl methyl sites for hydroxylation is 2. The molecule has 0 unspecified atom stereocenters. The number of hydrogen-bond acceptors (Lipinski definition) is 8. The van der Waals surface area contributed by atoms with Crippen molar-refractivity contribution >= 4 is 23.2 Å². The van der Waals surface area contributed by atoms with Crippen molar-refractivity contribution in [3.8, 4) is 23.8 Å². The molecule has 1 spiro atoms. The number of terminal acetylenes is 1. The zero-order valence-corrected chi connectivity index (χ0v) is 32.6. The number of rotatable bonds is 10. The zero-order chi connectivity index (χ0) is 37.8. The lowest BCUT2D eigenvalue weighted by atomic mass is 9.70. The Hall–Kier alpha value is -4.56. The van der Waals surface area contributed by atoms with Crippen molar-refractivity contribution < 1.29 is 23.8 Å². The van der Waals surface area contributed by atoms with E-state index in [1.807, 2.05) is 17.0 Å². The van der Waals surface area contributed by atoms with Gasteiger partial charge in [0.15, 0.2) is 0 Å². The predicted octanol–water partition coefficient (Wildman–Crippen LogP) is 5.14. The molecule has 3 aromatic carbocycles. The summed E-state index contributed by atoms with van der Waals surface area (Å²) in [6.07, 6.45) is 14.3. The van der Waals surface area contributed by atoms with Gasteiger partial charge >= 0.3 is 0 Å². The molecule has 0 aromatic heterocycles. The van der Waals surface area contributed by atoms with Crippen LogP contribution in [0.4, 0.5) is 11.4 Å². The fourth-order valence-electron chi connectivity index (χ4n) is 11.0. The van der Waals surface area contributed by atoms with Gasteiger partial charge in [0.25, 0.3) is 5.91 Å². The molecule has 2 amide bonds. The molecular weight excluding hydrogens is 703 g/mol. The van der Waals surface area contributed by atoms with Crippen LogP contribution in [0.2, 0.25) is 0 Å². The number of fused-ring (bicyclic) bond motifs is 8. The van der Waals surface area contributed by atoms with Crippen molar-refractivity contribution in [3.63, 3.8) is 0 Å². The fraction of sp³-hybridized carbons (Fsp3) is 0.522. The Morgan fingerprint density at radius 1 is 0.732 bits per heavy atom. The molecule has 1 saturated heterocycles. The second-order valence-electron chi connectivity index (χ2n) is 16.5. The van der Waals surface area contributed by atoms with E-state index in [1.54, 1.807) is 0 Å². The molecule has 10 nitrogen and oxygen atoms in total. The van der Waals surface area contributed by atoms with Crippen molar-refractivity contribution in [1.82, 2.24) is 14.7 Å². The van der Waals surface area contributed by atoms with Crippen molar-refractivity contribution in [2.75, 3.05) is 102 Å². The normalized spacial score (nSPS) is 20.2. The van der Waals surface area contributed by atoms with Crippen LogP contribution in [0.15, 0.2) is 36.4 Å². The number of piperazine rings is 1. The Labute approximate surface area is 330 Å². The van der Waals surface area contributed by atoms with Gasteiger partial charge in [0.2, 0.25) is 5.91 Å². The highest BCUT2D eigenvalue weighted by molar-refractivity contribution is 6.03. The molecule has 0 bridgehead atoms. The Morgan fingerprint density at radius 2 is 1.32 bits per heavy atom. The zero-order valence-electron chi connectivity index (χ0n) is 32.6. The second kappa shape index (κ2) is 14.7. The molecule has 1 fully saturated rings. The van der Waals surface area contributed by atoms with Crippen LogP contribution in [0.1, 0.15) is 81.4 Å². The Kier molecular flexibility index (Phi) is 9.43. The van der Waals surface area contributed by atoms with E-state index < -0.39 is 5.54 Å². The average molecular weight is 756 g/mol. The lowest BCUT2D eigenvalue weighted by molar-refractivity contribution is -0.134. The van der Waals surface area contributed by atoms with Crippen molar-refractivity contribution in [2.45, 2.75) is 63.3 Å². The third-order valence-electron chi connectivity index (χ3n) is 13.5. The molecule has 0 aliphatic carbocycles. The van der Waals surface area contributed by atoms with Gasteiger partial charge in [-0.3, -0.25) is 14.5 Å². The Balaban J connectivity index is 0.946. The first-order valence-corrected chi connectivity index (χ1v) is 21.1. The monoisotopic (exact) mass is 755 g/mol. The molecule has 0 N–H and O–H groups in total. The SMILES string of the molecule is C#CCN1CCN(C(=O)CCOCCOCCN2C(=O)c3ccccc3C23c2cc4c5c(c2Oc2c3cc3c6c2CCCN6CCC3)CCCN5CCC4)CC1. The minimum Gasteiger partial charge on any atom is -0.456 e. The third kappa shape index (κ3) is 5.72. The summed E-state index contributed by atoms with van der Waals surface area (Å²) in [6, 6.07) is 13.1. The fourth-order valence-corrected chi connectivity index (χ4v) is 11.0. The van der Waals surface area contributed by atoms with Gasteiger partial charge in [-0.15, -0.1) is 6.42 Å². The van der Waals surface area contributed by atoms with Crippen LogP contribution in [-0.2, 0) is 45.5 Å². The summed E-state index contributed by atoms with van der Waals surface area (Å²) in [4.78, 5) is 39.1. The maximum absolute atomic E-state index is 14.9. The topological polar surface area (TPSA) is 78.0 Å². The quantitative estimate of drug-likeness (QED) is 0.208. The summed E-state index contributed by atoms with van der Waals surface area (Å²) in [5.41, 5.74) is 11.4. The number of nitrogens with zero attached hydrogens (tertiary/aromatic N) is 5. The minimum atomic E-state index is -0.834. The van der Waals surface area contributed by atoms with Crippen molar-refractivity contribution in [1.29, 1.82) is 0 Å². The first kappa shape index (κ1) is 35.8. The summed E-state index contributed by atoms with van der Waals surface area (Å²) in [6.45, 7) is 9.93. The number of amides is 2. The summed E-state index contributed by atoms with van der Waals surface area (Å²) < 4.78 is 19.5. The Morgan fingerprint density at radius 3 is 1.95 bits per heavy atom. The number of carbonyl (C=O) groups excluding carboxylic acids is 2. The minimum absolute atomic E-state index is 0.0406. The van der Waals surface area contributed by atoms with Gasteiger partial charge in [-0.05, 0) is 86.3 Å². The van der Waals surface area contributed by atoms with Crippen molar-refractivity contribution in [3.05, 3.63) is 80.9 Å². The summed E-state index contributed by atoms with van der Waals surface area (Å²) in [5.74, 6) is 4.79. The molecule has 7 aliphatic rings. The van der Waals surface area contributed by atoms with Crippen molar-refractivity contribution in [2.24, 2.45) is 0 Å². The lowest BCUT2D eigenvalue weighted by Crippen LogP contribution is -2.49. The highest BCUT2D eigenvalue weighted by atomic mass is 16.5. The van der Waals surface area contributed by atoms with Crippen LogP contribution in [0.25, 0.3) is 0 Å². The highest BCUT2D eigenvalue weighted by Crippen LogP contribution is 2.62. The molecule has 10 rings (SSSR count). The predicted molar refractivity (Wildman–Crippen MR) is 216 cm³/mol. The molecular formula is C46H53N5O5. The maximum atomic E-state index is 14.9. The summed E-state index contributed by atoms with van der Waals surface area (Å²) in [5, 5.41) is 0. The van der Waals surface area contributed by atoms with Gasteiger partial charge in [0.05, 0.1) is 39.4 Å². The molecule has 56 heavy (non-hydrogen) atoms. The van der Waals surface area contributed by atoms with E-state index in [9.17, 15) is 9.59 Å². The smallest absolute Gasteiger partial charge is 0.255 e. The van der Waals surface area contributed by atoms with Crippen LogP contribution >= 0.6 is 0 Å². The first-order valence-electron chi connectivity index (χ1n) is 21.1. The van der Waals surface area contributed by atoms with E-state index in [-0.39, 0.29) is 11.8 Å². The summed E-state index contributed by atoms with van der Waals surface area (Å²) in [7, 11) is 0. The van der Waals surface area contributed by atoms with Gasteiger partial charge in [-0.1, -0.05) is 24.1 Å². The van der Waals surface area contributed by atoms with E-state index >= 15 is 0 Å². The number of hydrogen-bond donors (Lipinski definition) is 0. The highest BCUT2D eigenvalue weighted by Gasteiger charge is 2.58. The van der Waals surface area contributed by atoms with Gasteiger partial charge in [-0.2, -0.15) is 0 Å². The number of carbonyl (C=O) groups is 2. The average Bonchev–Trinajstić information content (AvgIpc) is 3.47. The Bertz CT molecular complexity index is 2010. The molecule has 0 radical (unpaired) electrons. The molecule has 10 heteroatoms. The van der Waals surface area contributed by atoms with Gasteiger partial charge in [-0.25, -0.2) is 0 Å². The van der Waals surface area contributed by atoms with E-state index in [4.69, 9.17) is 20.6 Å². The van der Waals surface area contributed by atoms with Crippen LogP contribution < -0.4 is 14.5 Å². The van der Waals surface area contributed by atoms with Crippen LogP contribution in [-0.4, -0.2) is 118 Å². The van der Waals surface area contributed by atoms with E-state index in [1.165, 1.54) is 33.6 Å². The van der Waals surface area contributed by atoms with Crippen LogP contribution in [0.3, 0.4) is 0 Å².